The summed E-state index contributed by atoms with van der Waals surface area (Å²) in [6.07, 6.45) is 5.20. The van der Waals surface area contributed by atoms with Crippen LogP contribution in [0.3, 0.4) is 0 Å². The van der Waals surface area contributed by atoms with Gasteiger partial charge in [0.1, 0.15) is 0 Å². The lowest BCUT2D eigenvalue weighted by molar-refractivity contribution is 0.0657. The van der Waals surface area contributed by atoms with Crippen molar-refractivity contribution in [1.29, 1.82) is 0 Å². The third-order valence-electron chi connectivity index (χ3n) is 3.44. The van der Waals surface area contributed by atoms with Gasteiger partial charge >= 0.3 is 0 Å². The van der Waals surface area contributed by atoms with Gasteiger partial charge in [0.25, 0.3) is 11.8 Å². The van der Waals surface area contributed by atoms with Crippen LogP contribution in [0.5, 0.6) is 0 Å². The van der Waals surface area contributed by atoms with Crippen LogP contribution >= 0.6 is 0 Å². The molecule has 0 aromatic heterocycles. The smallest absolute Gasteiger partial charge is 0.267 e. The number of imide groups is 1. The maximum Gasteiger partial charge on any atom is 0.282 e. The van der Waals surface area contributed by atoms with Crippen LogP contribution in [-0.2, 0) is 0 Å². The highest BCUT2D eigenvalue weighted by Gasteiger charge is 2.35. The summed E-state index contributed by atoms with van der Waals surface area (Å²) >= 11 is 0. The Balaban J connectivity index is 1.92. The van der Waals surface area contributed by atoms with Crippen molar-refractivity contribution < 1.29 is 9.59 Å². The quantitative estimate of drug-likeness (QED) is 0.711. The number of hydrogen-bond donors (Lipinski definition) is 0. The Morgan fingerprint density at radius 3 is 2.00 bits per heavy atom. The lowest BCUT2D eigenvalue weighted by Crippen LogP contribution is -2.26. The Morgan fingerprint density at radius 1 is 0.889 bits per heavy atom. The molecule has 0 radical (unpaired) electrons. The van der Waals surface area contributed by atoms with Crippen molar-refractivity contribution >= 4 is 17.5 Å². The van der Waals surface area contributed by atoms with Crippen LogP contribution in [0.25, 0.3) is 0 Å². The summed E-state index contributed by atoms with van der Waals surface area (Å²) in [6, 6.07) is 6.88. The Morgan fingerprint density at radius 2 is 1.44 bits per heavy atom. The SMILES string of the molecule is O=C1c2ccccc2C(=O)N1N=C1CCCCC1. The largest absolute Gasteiger partial charge is 0.282 e. The van der Waals surface area contributed by atoms with Gasteiger partial charge in [-0.1, -0.05) is 18.6 Å². The zero-order valence-electron chi connectivity index (χ0n) is 10.1. The summed E-state index contributed by atoms with van der Waals surface area (Å²) in [5, 5.41) is 5.30. The van der Waals surface area contributed by atoms with E-state index in [1.165, 1.54) is 6.42 Å². The number of nitrogens with zero attached hydrogens (tertiary/aromatic N) is 2. The van der Waals surface area contributed by atoms with Crippen molar-refractivity contribution in [1.82, 2.24) is 5.01 Å². The second kappa shape index (κ2) is 4.37. The number of hydrazone groups is 1. The van der Waals surface area contributed by atoms with E-state index in [9.17, 15) is 9.59 Å². The third-order valence-corrected chi connectivity index (χ3v) is 3.44. The van der Waals surface area contributed by atoms with Crippen LogP contribution in [0, 0.1) is 0 Å². The number of rotatable bonds is 1. The van der Waals surface area contributed by atoms with Gasteiger partial charge in [-0.25, -0.2) is 0 Å². The van der Waals surface area contributed by atoms with Crippen LogP contribution in [-0.4, -0.2) is 22.5 Å². The van der Waals surface area contributed by atoms with E-state index in [1.807, 2.05) is 0 Å². The average Bonchev–Trinajstić information content (AvgIpc) is 2.66. The molecule has 1 aromatic carbocycles. The second-order valence-corrected chi connectivity index (χ2v) is 4.69. The topological polar surface area (TPSA) is 49.7 Å². The Bertz CT molecular complexity index is 505. The average molecular weight is 242 g/mol. The van der Waals surface area contributed by atoms with E-state index >= 15 is 0 Å². The summed E-state index contributed by atoms with van der Waals surface area (Å²) in [6.45, 7) is 0. The van der Waals surface area contributed by atoms with Crippen molar-refractivity contribution in [2.24, 2.45) is 5.10 Å². The normalized spacial score (nSPS) is 19.1. The maximum atomic E-state index is 12.1. The van der Waals surface area contributed by atoms with Crippen molar-refractivity contribution in [3.63, 3.8) is 0 Å². The van der Waals surface area contributed by atoms with E-state index in [2.05, 4.69) is 5.10 Å². The molecule has 0 saturated heterocycles. The molecule has 2 aliphatic rings. The van der Waals surface area contributed by atoms with Gasteiger partial charge in [0.15, 0.2) is 0 Å². The predicted molar refractivity (Wildman–Crippen MR) is 67.5 cm³/mol. The van der Waals surface area contributed by atoms with E-state index in [-0.39, 0.29) is 11.8 Å². The second-order valence-electron chi connectivity index (χ2n) is 4.69. The molecule has 0 N–H and O–H groups in total. The first-order valence-corrected chi connectivity index (χ1v) is 6.31. The minimum Gasteiger partial charge on any atom is -0.267 e. The van der Waals surface area contributed by atoms with E-state index in [4.69, 9.17) is 0 Å². The lowest BCUT2D eigenvalue weighted by Gasteiger charge is -2.15. The van der Waals surface area contributed by atoms with Gasteiger partial charge < -0.3 is 0 Å². The Kier molecular flexibility index (Phi) is 2.70. The fourth-order valence-corrected chi connectivity index (χ4v) is 2.47. The third kappa shape index (κ3) is 1.74. The van der Waals surface area contributed by atoms with Crippen molar-refractivity contribution in [2.75, 3.05) is 0 Å². The minimum atomic E-state index is -0.298. The van der Waals surface area contributed by atoms with Crippen LogP contribution in [0.2, 0.25) is 0 Å². The minimum absolute atomic E-state index is 0.298. The summed E-state index contributed by atoms with van der Waals surface area (Å²) in [5.74, 6) is -0.595. The molecular formula is C14H14N2O2. The van der Waals surface area contributed by atoms with Gasteiger partial charge in [0, 0.05) is 5.71 Å². The highest BCUT2D eigenvalue weighted by Crippen LogP contribution is 2.24. The molecule has 0 spiro atoms. The highest BCUT2D eigenvalue weighted by atomic mass is 16.2. The van der Waals surface area contributed by atoms with E-state index in [1.54, 1.807) is 24.3 Å². The molecule has 1 fully saturated rings. The molecule has 1 aromatic rings. The molecule has 0 bridgehead atoms. The Labute approximate surface area is 105 Å². The van der Waals surface area contributed by atoms with Gasteiger partial charge in [-0.3, -0.25) is 9.59 Å². The van der Waals surface area contributed by atoms with Gasteiger partial charge in [-0.05, 0) is 37.8 Å². The van der Waals surface area contributed by atoms with E-state index in [0.29, 0.717) is 11.1 Å². The molecule has 0 unspecified atom stereocenters. The van der Waals surface area contributed by atoms with Gasteiger partial charge in [0.05, 0.1) is 11.1 Å². The molecule has 3 rings (SSSR count). The summed E-state index contributed by atoms with van der Waals surface area (Å²) < 4.78 is 0. The highest BCUT2D eigenvalue weighted by molar-refractivity contribution is 6.21. The summed E-state index contributed by atoms with van der Waals surface area (Å²) in [7, 11) is 0. The first-order chi connectivity index (χ1) is 8.77. The molecule has 1 aliphatic carbocycles. The predicted octanol–water partition coefficient (Wildman–Crippen LogP) is 2.60. The molecule has 0 atom stereocenters. The number of carbonyl (C=O) groups is 2. The fraction of sp³-hybridized carbons (Fsp3) is 0.357. The van der Waals surface area contributed by atoms with Gasteiger partial charge in [0.2, 0.25) is 0 Å². The fourth-order valence-electron chi connectivity index (χ4n) is 2.47. The maximum absolute atomic E-state index is 12.1. The van der Waals surface area contributed by atoms with Crippen molar-refractivity contribution in [2.45, 2.75) is 32.1 Å². The first kappa shape index (κ1) is 11.1. The molecule has 1 heterocycles. The molecule has 4 nitrogen and oxygen atoms in total. The zero-order chi connectivity index (χ0) is 12.5. The molecule has 2 amide bonds. The summed E-state index contributed by atoms with van der Waals surface area (Å²) in [5.41, 5.74) is 1.89. The molecule has 1 aliphatic heterocycles. The van der Waals surface area contributed by atoms with Crippen LogP contribution in [0.15, 0.2) is 29.4 Å². The first-order valence-electron chi connectivity index (χ1n) is 6.31. The van der Waals surface area contributed by atoms with Crippen LogP contribution < -0.4 is 0 Å². The number of benzene rings is 1. The number of hydrogen-bond acceptors (Lipinski definition) is 3. The zero-order valence-corrected chi connectivity index (χ0v) is 10.1. The molecule has 18 heavy (non-hydrogen) atoms. The number of fused-ring (bicyclic) bond motifs is 1. The molecular weight excluding hydrogens is 228 g/mol. The van der Waals surface area contributed by atoms with E-state index < -0.39 is 0 Å². The standard InChI is InChI=1S/C14H14N2O2/c17-13-11-8-4-5-9-12(11)14(18)16(13)15-10-6-2-1-3-7-10/h4-5,8-9H,1-3,6-7H2. The summed E-state index contributed by atoms with van der Waals surface area (Å²) in [4.78, 5) is 24.2. The van der Waals surface area contributed by atoms with Gasteiger partial charge in [-0.15, -0.1) is 0 Å². The van der Waals surface area contributed by atoms with Crippen LogP contribution in [0.1, 0.15) is 52.8 Å². The number of carbonyl (C=O) groups excluding carboxylic acids is 2. The Hall–Kier alpha value is -1.97. The van der Waals surface area contributed by atoms with Gasteiger partial charge in [-0.2, -0.15) is 10.1 Å². The van der Waals surface area contributed by atoms with Crippen LogP contribution in [0.4, 0.5) is 0 Å². The molecule has 92 valence electrons. The molecule has 1 saturated carbocycles. The van der Waals surface area contributed by atoms with Crippen molar-refractivity contribution in [3.05, 3.63) is 35.4 Å². The molecule has 4 heteroatoms. The monoisotopic (exact) mass is 242 g/mol. The van der Waals surface area contributed by atoms with Crippen molar-refractivity contribution in [3.8, 4) is 0 Å². The number of amides is 2. The van der Waals surface area contributed by atoms with E-state index in [0.717, 1.165) is 36.4 Å². The lowest BCUT2D eigenvalue weighted by atomic mass is 9.99.